The molecule has 84 valence electrons. The van der Waals surface area contributed by atoms with E-state index in [4.69, 9.17) is 5.11 Å². The molecule has 0 saturated heterocycles. The van der Waals surface area contributed by atoms with E-state index in [9.17, 15) is 4.79 Å². The molecule has 0 aliphatic heterocycles. The summed E-state index contributed by atoms with van der Waals surface area (Å²) in [5, 5.41) is 12.5. The van der Waals surface area contributed by atoms with Crippen LogP contribution in [0.1, 0.15) is 32.5 Å². The number of carbonyl (C=O) groups is 1. The summed E-state index contributed by atoms with van der Waals surface area (Å²) in [6.07, 6.45) is 0.707. The molecule has 15 heavy (non-hydrogen) atoms. The monoisotopic (exact) mass is 229 g/mol. The van der Waals surface area contributed by atoms with Gasteiger partial charge in [-0.25, -0.2) is 4.98 Å². The molecule has 1 rings (SSSR count). The minimum Gasteiger partial charge on any atom is -0.481 e. The highest BCUT2D eigenvalue weighted by atomic mass is 32.1. The highest BCUT2D eigenvalue weighted by Crippen LogP contribution is 2.20. The lowest BCUT2D eigenvalue weighted by atomic mass is 9.99. The van der Waals surface area contributed by atoms with Gasteiger partial charge in [-0.15, -0.1) is 0 Å². The molecule has 1 heterocycles. The van der Waals surface area contributed by atoms with Crippen molar-refractivity contribution in [3.8, 4) is 0 Å². The smallest absolute Gasteiger partial charge is 0.303 e. The van der Waals surface area contributed by atoms with E-state index >= 15 is 0 Å². The predicted octanol–water partition coefficient (Wildman–Crippen LogP) is 1.90. The highest BCUT2D eigenvalue weighted by molar-refractivity contribution is 7.09. The van der Waals surface area contributed by atoms with Gasteiger partial charge in [0, 0.05) is 23.5 Å². The number of hydrogen-bond donors (Lipinski definition) is 2. The van der Waals surface area contributed by atoms with Gasteiger partial charge >= 0.3 is 5.97 Å². The standard InChI is InChI=1S/C9H15N3O2S/c1-6-10-8(15-12-6)11-9(2,3)5-4-7(13)14/h4-5H2,1-3H3,(H,13,14)(H,10,11,12). The summed E-state index contributed by atoms with van der Waals surface area (Å²) in [7, 11) is 0. The number of aryl methyl sites for hydroxylation is 1. The molecule has 0 radical (unpaired) electrons. The Bertz CT molecular complexity index is 349. The first-order valence-corrected chi connectivity index (χ1v) is 5.47. The van der Waals surface area contributed by atoms with Gasteiger partial charge in [-0.2, -0.15) is 4.37 Å². The quantitative estimate of drug-likeness (QED) is 0.806. The molecule has 6 heteroatoms. The third kappa shape index (κ3) is 4.24. The molecule has 0 saturated carbocycles. The van der Waals surface area contributed by atoms with Crippen LogP contribution in [0.25, 0.3) is 0 Å². The molecule has 0 amide bonds. The first-order valence-electron chi connectivity index (χ1n) is 4.69. The van der Waals surface area contributed by atoms with Gasteiger partial charge in [-0.1, -0.05) is 0 Å². The van der Waals surface area contributed by atoms with Gasteiger partial charge in [-0.3, -0.25) is 4.79 Å². The molecule has 1 aromatic rings. The van der Waals surface area contributed by atoms with Crippen LogP contribution in [0.3, 0.4) is 0 Å². The largest absolute Gasteiger partial charge is 0.481 e. The number of nitrogens with one attached hydrogen (secondary N) is 1. The first-order chi connectivity index (χ1) is 6.89. The normalized spacial score (nSPS) is 11.4. The molecule has 0 aliphatic carbocycles. The summed E-state index contributed by atoms with van der Waals surface area (Å²) < 4.78 is 4.05. The van der Waals surface area contributed by atoms with Crippen LogP contribution in [0.4, 0.5) is 5.13 Å². The van der Waals surface area contributed by atoms with Crippen LogP contribution in [0, 0.1) is 6.92 Å². The van der Waals surface area contributed by atoms with Crippen molar-refractivity contribution in [1.82, 2.24) is 9.36 Å². The van der Waals surface area contributed by atoms with E-state index in [1.807, 2.05) is 20.8 Å². The lowest BCUT2D eigenvalue weighted by Crippen LogP contribution is -2.31. The Labute approximate surface area is 92.7 Å². The van der Waals surface area contributed by atoms with E-state index in [0.717, 1.165) is 11.0 Å². The molecular formula is C9H15N3O2S. The second kappa shape index (κ2) is 4.57. The second-order valence-corrected chi connectivity index (χ2v) is 4.80. The molecular weight excluding hydrogens is 214 g/mol. The number of aliphatic carboxylic acids is 1. The van der Waals surface area contributed by atoms with E-state index in [0.29, 0.717) is 6.42 Å². The van der Waals surface area contributed by atoms with Gasteiger partial charge in [0.2, 0.25) is 5.13 Å². The molecule has 0 atom stereocenters. The number of aromatic nitrogens is 2. The number of nitrogens with zero attached hydrogens (tertiary/aromatic N) is 2. The van der Waals surface area contributed by atoms with Crippen LogP contribution in [0.15, 0.2) is 0 Å². The third-order valence-electron chi connectivity index (χ3n) is 1.94. The van der Waals surface area contributed by atoms with Crippen LogP contribution in [-0.4, -0.2) is 26.0 Å². The summed E-state index contributed by atoms with van der Waals surface area (Å²) in [4.78, 5) is 14.6. The van der Waals surface area contributed by atoms with Gasteiger partial charge < -0.3 is 10.4 Å². The maximum absolute atomic E-state index is 10.4. The van der Waals surface area contributed by atoms with E-state index in [-0.39, 0.29) is 12.0 Å². The average molecular weight is 229 g/mol. The fourth-order valence-corrected chi connectivity index (χ4v) is 1.87. The van der Waals surface area contributed by atoms with E-state index < -0.39 is 5.97 Å². The summed E-state index contributed by atoms with van der Waals surface area (Å²) in [6, 6.07) is 0. The van der Waals surface area contributed by atoms with Gasteiger partial charge in [0.25, 0.3) is 0 Å². The van der Waals surface area contributed by atoms with Crippen LogP contribution < -0.4 is 5.32 Å². The summed E-state index contributed by atoms with van der Waals surface area (Å²) in [5.74, 6) is -0.0464. The summed E-state index contributed by atoms with van der Waals surface area (Å²) in [5.41, 5.74) is -0.273. The molecule has 1 aromatic heterocycles. The second-order valence-electron chi connectivity index (χ2n) is 4.05. The molecule has 0 aliphatic rings. The summed E-state index contributed by atoms with van der Waals surface area (Å²) in [6.45, 7) is 5.73. The van der Waals surface area contributed by atoms with E-state index in [1.54, 1.807) is 0 Å². The molecule has 0 spiro atoms. The number of carboxylic acid groups (broad SMARTS) is 1. The predicted molar refractivity (Wildman–Crippen MR) is 59.2 cm³/mol. The molecule has 0 aromatic carbocycles. The van der Waals surface area contributed by atoms with Gasteiger partial charge in [0.1, 0.15) is 5.82 Å². The van der Waals surface area contributed by atoms with Crippen molar-refractivity contribution in [2.24, 2.45) is 0 Å². The first kappa shape index (κ1) is 11.9. The maximum atomic E-state index is 10.4. The Morgan fingerprint density at radius 1 is 1.60 bits per heavy atom. The average Bonchev–Trinajstić information content (AvgIpc) is 2.47. The van der Waals surface area contributed by atoms with Gasteiger partial charge in [0.15, 0.2) is 0 Å². The van der Waals surface area contributed by atoms with Crippen LogP contribution in [0.2, 0.25) is 0 Å². The Morgan fingerprint density at radius 3 is 2.73 bits per heavy atom. The molecule has 0 fully saturated rings. The molecule has 2 N–H and O–H groups in total. The number of carboxylic acids is 1. The zero-order chi connectivity index (χ0) is 11.5. The number of rotatable bonds is 5. The minimum atomic E-state index is -0.779. The SMILES string of the molecule is Cc1nsc(NC(C)(C)CCC(=O)O)n1. The topological polar surface area (TPSA) is 75.1 Å². The number of anilines is 1. The fourth-order valence-electron chi connectivity index (χ4n) is 1.12. The van der Waals surface area contributed by atoms with Gasteiger partial charge in [0.05, 0.1) is 0 Å². The molecule has 0 unspecified atom stereocenters. The molecule has 0 bridgehead atoms. The summed E-state index contributed by atoms with van der Waals surface area (Å²) >= 11 is 1.29. The van der Waals surface area contributed by atoms with Crippen LogP contribution in [0.5, 0.6) is 0 Å². The Morgan fingerprint density at radius 2 is 2.27 bits per heavy atom. The fraction of sp³-hybridized carbons (Fsp3) is 0.667. The zero-order valence-corrected chi connectivity index (χ0v) is 9.89. The van der Waals surface area contributed by atoms with Crippen LogP contribution in [-0.2, 0) is 4.79 Å². The zero-order valence-electron chi connectivity index (χ0n) is 9.07. The van der Waals surface area contributed by atoms with Crippen molar-refractivity contribution < 1.29 is 9.90 Å². The van der Waals surface area contributed by atoms with Crippen LogP contribution >= 0.6 is 11.5 Å². The van der Waals surface area contributed by atoms with E-state index in [1.165, 1.54) is 11.5 Å². The van der Waals surface area contributed by atoms with Crippen molar-refractivity contribution in [3.63, 3.8) is 0 Å². The van der Waals surface area contributed by atoms with Crippen molar-refractivity contribution in [2.45, 2.75) is 39.2 Å². The van der Waals surface area contributed by atoms with Crippen molar-refractivity contribution in [1.29, 1.82) is 0 Å². The Kier molecular flexibility index (Phi) is 3.62. The van der Waals surface area contributed by atoms with E-state index in [2.05, 4.69) is 14.7 Å². The Balaban J connectivity index is 2.52. The Hall–Kier alpha value is -1.17. The third-order valence-corrected chi connectivity index (χ3v) is 2.66. The highest BCUT2D eigenvalue weighted by Gasteiger charge is 2.20. The lowest BCUT2D eigenvalue weighted by molar-refractivity contribution is -0.137. The maximum Gasteiger partial charge on any atom is 0.303 e. The molecule has 5 nitrogen and oxygen atoms in total. The van der Waals surface area contributed by atoms with Crippen molar-refractivity contribution in [3.05, 3.63) is 5.82 Å². The van der Waals surface area contributed by atoms with Gasteiger partial charge in [-0.05, 0) is 27.2 Å². The number of hydrogen-bond acceptors (Lipinski definition) is 5. The lowest BCUT2D eigenvalue weighted by Gasteiger charge is -2.24. The van der Waals surface area contributed by atoms with Crippen molar-refractivity contribution in [2.75, 3.05) is 5.32 Å². The minimum absolute atomic E-state index is 0.151. The van der Waals surface area contributed by atoms with Crippen molar-refractivity contribution >= 4 is 22.6 Å².